The standard InChI is InChI=1S/C23H29N5O2/c29-22(20-15-24-23(25-16-20)27-11-13-30-14-12-27)26-9-6-21(7-10-26)28-8-5-18-3-1-2-4-19(18)17-28/h1-4,15-16,21H,5-14,17H2. The van der Waals surface area contributed by atoms with Gasteiger partial charge < -0.3 is 14.5 Å². The Morgan fingerprint density at radius 2 is 1.63 bits per heavy atom. The second kappa shape index (κ2) is 8.70. The smallest absolute Gasteiger partial charge is 0.256 e. The molecule has 1 aromatic heterocycles. The van der Waals surface area contributed by atoms with Crippen LogP contribution in [0.1, 0.15) is 34.3 Å². The SMILES string of the molecule is O=C(c1cnc(N2CCOCC2)nc1)N1CCC(N2CCc3ccccc3C2)CC1. The monoisotopic (exact) mass is 407 g/mol. The molecule has 2 saturated heterocycles. The average Bonchev–Trinajstić information content (AvgIpc) is 2.84. The van der Waals surface area contributed by atoms with Crippen LogP contribution in [0, 0.1) is 0 Å². The van der Waals surface area contributed by atoms with Crippen molar-refractivity contribution in [1.82, 2.24) is 19.8 Å². The van der Waals surface area contributed by atoms with Crippen LogP contribution in [0.2, 0.25) is 0 Å². The van der Waals surface area contributed by atoms with Crippen molar-refractivity contribution in [1.29, 1.82) is 0 Å². The summed E-state index contributed by atoms with van der Waals surface area (Å²) in [5, 5.41) is 0. The molecule has 0 atom stereocenters. The summed E-state index contributed by atoms with van der Waals surface area (Å²) < 4.78 is 5.37. The van der Waals surface area contributed by atoms with Crippen LogP contribution >= 0.6 is 0 Å². The van der Waals surface area contributed by atoms with Crippen molar-refractivity contribution in [2.75, 3.05) is 50.8 Å². The maximum Gasteiger partial charge on any atom is 0.256 e. The number of ether oxygens (including phenoxy) is 1. The number of anilines is 1. The lowest BCUT2D eigenvalue weighted by Crippen LogP contribution is -2.48. The Bertz CT molecular complexity index is 873. The topological polar surface area (TPSA) is 61.8 Å². The lowest BCUT2D eigenvalue weighted by atomic mass is 9.95. The molecule has 1 amide bonds. The average molecular weight is 408 g/mol. The number of piperidine rings is 1. The number of carbonyl (C=O) groups is 1. The van der Waals surface area contributed by atoms with Crippen molar-refractivity contribution < 1.29 is 9.53 Å². The molecule has 3 aliphatic rings. The van der Waals surface area contributed by atoms with Gasteiger partial charge in [0, 0.05) is 57.7 Å². The zero-order chi connectivity index (χ0) is 20.3. The molecule has 7 heteroatoms. The second-order valence-electron chi connectivity index (χ2n) is 8.38. The highest BCUT2D eigenvalue weighted by Gasteiger charge is 2.29. The molecule has 158 valence electrons. The first-order chi connectivity index (χ1) is 14.8. The first kappa shape index (κ1) is 19.5. The van der Waals surface area contributed by atoms with Crippen molar-refractivity contribution in [3.63, 3.8) is 0 Å². The summed E-state index contributed by atoms with van der Waals surface area (Å²) in [4.78, 5) is 28.5. The van der Waals surface area contributed by atoms with Crippen molar-refractivity contribution in [3.05, 3.63) is 53.3 Å². The van der Waals surface area contributed by atoms with E-state index in [9.17, 15) is 4.79 Å². The number of carbonyl (C=O) groups excluding carboxylic acids is 1. The number of hydrogen-bond acceptors (Lipinski definition) is 6. The second-order valence-corrected chi connectivity index (χ2v) is 8.38. The molecular formula is C23H29N5O2. The fraction of sp³-hybridized carbons (Fsp3) is 0.522. The van der Waals surface area contributed by atoms with Gasteiger partial charge in [-0.2, -0.15) is 0 Å². The highest BCUT2D eigenvalue weighted by atomic mass is 16.5. The summed E-state index contributed by atoms with van der Waals surface area (Å²) in [5.41, 5.74) is 3.53. The fourth-order valence-corrected chi connectivity index (χ4v) is 4.80. The van der Waals surface area contributed by atoms with E-state index < -0.39 is 0 Å². The predicted molar refractivity (Wildman–Crippen MR) is 115 cm³/mol. The van der Waals surface area contributed by atoms with Gasteiger partial charge in [-0.25, -0.2) is 9.97 Å². The van der Waals surface area contributed by atoms with Crippen LogP contribution in [0.25, 0.3) is 0 Å². The van der Waals surface area contributed by atoms with Gasteiger partial charge in [-0.05, 0) is 30.4 Å². The predicted octanol–water partition coefficient (Wildman–Crippen LogP) is 1.98. The number of benzene rings is 1. The molecule has 30 heavy (non-hydrogen) atoms. The van der Waals surface area contributed by atoms with Crippen LogP contribution in [0.3, 0.4) is 0 Å². The Balaban J connectivity index is 1.16. The normalized spacial score (nSPS) is 20.8. The van der Waals surface area contributed by atoms with Gasteiger partial charge in [0.15, 0.2) is 0 Å². The molecule has 0 radical (unpaired) electrons. The lowest BCUT2D eigenvalue weighted by molar-refractivity contribution is 0.0598. The van der Waals surface area contributed by atoms with E-state index in [1.165, 1.54) is 11.1 Å². The minimum Gasteiger partial charge on any atom is -0.378 e. The van der Waals surface area contributed by atoms with Crippen molar-refractivity contribution in [2.24, 2.45) is 0 Å². The molecule has 4 heterocycles. The third-order valence-electron chi connectivity index (χ3n) is 6.61. The molecule has 5 rings (SSSR count). The Labute approximate surface area is 177 Å². The minimum absolute atomic E-state index is 0.0472. The first-order valence-corrected chi connectivity index (χ1v) is 11.0. The lowest BCUT2D eigenvalue weighted by Gasteiger charge is -2.40. The molecule has 0 unspecified atom stereocenters. The quantitative estimate of drug-likeness (QED) is 0.775. The fourth-order valence-electron chi connectivity index (χ4n) is 4.80. The molecule has 1 aromatic carbocycles. The Morgan fingerprint density at radius 3 is 2.37 bits per heavy atom. The van der Waals surface area contributed by atoms with E-state index in [0.29, 0.717) is 30.8 Å². The summed E-state index contributed by atoms with van der Waals surface area (Å²) >= 11 is 0. The van der Waals surface area contributed by atoms with E-state index in [2.05, 4.69) is 44.0 Å². The maximum absolute atomic E-state index is 12.9. The first-order valence-electron chi connectivity index (χ1n) is 11.0. The molecule has 3 aliphatic heterocycles. The van der Waals surface area contributed by atoms with E-state index in [-0.39, 0.29) is 5.91 Å². The number of nitrogens with zero attached hydrogens (tertiary/aromatic N) is 5. The van der Waals surface area contributed by atoms with Gasteiger partial charge in [0.25, 0.3) is 5.91 Å². The molecule has 0 saturated carbocycles. The molecule has 2 aromatic rings. The molecule has 0 spiro atoms. The van der Waals surface area contributed by atoms with Crippen LogP contribution in [-0.2, 0) is 17.7 Å². The highest BCUT2D eigenvalue weighted by Crippen LogP contribution is 2.25. The number of hydrogen-bond donors (Lipinski definition) is 0. The van der Waals surface area contributed by atoms with Gasteiger partial charge in [-0.15, -0.1) is 0 Å². The minimum atomic E-state index is 0.0472. The van der Waals surface area contributed by atoms with Crippen LogP contribution in [0.5, 0.6) is 0 Å². The molecule has 0 N–H and O–H groups in total. The van der Waals surface area contributed by atoms with Crippen LogP contribution in [-0.4, -0.2) is 77.7 Å². The van der Waals surface area contributed by atoms with E-state index in [0.717, 1.165) is 58.5 Å². The van der Waals surface area contributed by atoms with E-state index in [4.69, 9.17) is 4.74 Å². The van der Waals surface area contributed by atoms with Gasteiger partial charge in [-0.1, -0.05) is 24.3 Å². The summed E-state index contributed by atoms with van der Waals surface area (Å²) in [5.74, 6) is 0.727. The van der Waals surface area contributed by atoms with Crippen LogP contribution < -0.4 is 4.90 Å². The Hall–Kier alpha value is -2.51. The van der Waals surface area contributed by atoms with Crippen molar-refractivity contribution in [2.45, 2.75) is 31.8 Å². The molecule has 0 aliphatic carbocycles. The largest absolute Gasteiger partial charge is 0.378 e. The van der Waals surface area contributed by atoms with Gasteiger partial charge >= 0.3 is 0 Å². The number of fused-ring (bicyclic) bond motifs is 1. The number of likely N-dealkylation sites (tertiary alicyclic amines) is 1. The van der Waals surface area contributed by atoms with Gasteiger partial charge in [0.1, 0.15) is 0 Å². The highest BCUT2D eigenvalue weighted by molar-refractivity contribution is 5.93. The number of morpholine rings is 1. The zero-order valence-electron chi connectivity index (χ0n) is 17.4. The number of amides is 1. The molecule has 2 fully saturated rings. The van der Waals surface area contributed by atoms with Crippen molar-refractivity contribution in [3.8, 4) is 0 Å². The summed E-state index contributed by atoms with van der Waals surface area (Å²) in [6.07, 6.45) is 6.53. The van der Waals surface area contributed by atoms with E-state index >= 15 is 0 Å². The molecule has 0 bridgehead atoms. The third kappa shape index (κ3) is 4.04. The summed E-state index contributed by atoms with van der Waals surface area (Å²) in [6.45, 7) is 6.73. The number of rotatable bonds is 3. The maximum atomic E-state index is 12.9. The van der Waals surface area contributed by atoms with E-state index in [1.807, 2.05) is 4.90 Å². The Kier molecular flexibility index (Phi) is 5.64. The van der Waals surface area contributed by atoms with Gasteiger partial charge in [0.2, 0.25) is 5.95 Å². The molecular weight excluding hydrogens is 378 g/mol. The number of aromatic nitrogens is 2. The zero-order valence-corrected chi connectivity index (χ0v) is 17.4. The summed E-state index contributed by atoms with van der Waals surface area (Å²) in [6, 6.07) is 9.33. The van der Waals surface area contributed by atoms with Gasteiger partial charge in [-0.3, -0.25) is 9.69 Å². The van der Waals surface area contributed by atoms with E-state index in [1.54, 1.807) is 12.4 Å². The third-order valence-corrected chi connectivity index (χ3v) is 6.61. The van der Waals surface area contributed by atoms with Gasteiger partial charge in [0.05, 0.1) is 18.8 Å². The van der Waals surface area contributed by atoms with Crippen LogP contribution in [0.4, 0.5) is 5.95 Å². The van der Waals surface area contributed by atoms with Crippen LogP contribution in [0.15, 0.2) is 36.7 Å². The van der Waals surface area contributed by atoms with Crippen molar-refractivity contribution >= 4 is 11.9 Å². The summed E-state index contributed by atoms with van der Waals surface area (Å²) in [7, 11) is 0. The molecule has 7 nitrogen and oxygen atoms in total. The Morgan fingerprint density at radius 1 is 0.933 bits per heavy atom.